The van der Waals surface area contributed by atoms with Crippen LogP contribution in [0.1, 0.15) is 51.0 Å². The Kier molecular flexibility index (Phi) is 8.15. The maximum atomic E-state index is 13.6. The van der Waals surface area contributed by atoms with E-state index in [0.29, 0.717) is 29.5 Å². The minimum atomic E-state index is -3.94. The fourth-order valence-electron chi connectivity index (χ4n) is 5.49. The van der Waals surface area contributed by atoms with Crippen LogP contribution in [0, 0.1) is 11.7 Å². The van der Waals surface area contributed by atoms with Crippen LogP contribution in [0.2, 0.25) is 0 Å². The minimum absolute atomic E-state index is 0.101. The number of carbonyl (C=O) groups is 1. The van der Waals surface area contributed by atoms with Gasteiger partial charge in [0.2, 0.25) is 15.9 Å². The van der Waals surface area contributed by atoms with E-state index in [1.165, 1.54) is 36.4 Å². The van der Waals surface area contributed by atoms with Gasteiger partial charge in [-0.15, -0.1) is 11.3 Å². The zero-order chi connectivity index (χ0) is 26.7. The molecule has 1 aliphatic heterocycles. The first-order chi connectivity index (χ1) is 18.3. The zero-order valence-corrected chi connectivity index (χ0v) is 23.0. The molecule has 8 nitrogen and oxygen atoms in total. The van der Waals surface area contributed by atoms with Crippen molar-refractivity contribution in [1.29, 1.82) is 0 Å². The highest BCUT2D eigenvalue weighted by atomic mass is 32.2. The predicted octanol–water partition coefficient (Wildman–Crippen LogP) is 4.73. The summed E-state index contributed by atoms with van der Waals surface area (Å²) in [4.78, 5) is 20.2. The number of rotatable bonds is 10. The molecular formula is C27H33FN4O4S2. The average molecular weight is 561 g/mol. The molecule has 1 saturated carbocycles. The van der Waals surface area contributed by atoms with Crippen LogP contribution in [0.5, 0.6) is 0 Å². The molecule has 2 aromatic heterocycles. The molecule has 3 heterocycles. The number of anilines is 1. The summed E-state index contributed by atoms with van der Waals surface area (Å²) in [6.07, 6.45) is 9.42. The average Bonchev–Trinajstić information content (AvgIpc) is 3.65. The lowest BCUT2D eigenvalue weighted by molar-refractivity contribution is -0.123. The van der Waals surface area contributed by atoms with Crippen molar-refractivity contribution in [3.05, 3.63) is 53.6 Å². The Labute approximate surface area is 226 Å². The van der Waals surface area contributed by atoms with Crippen LogP contribution >= 0.6 is 11.3 Å². The Morgan fingerprint density at radius 2 is 2.08 bits per heavy atom. The van der Waals surface area contributed by atoms with E-state index >= 15 is 0 Å². The molecule has 0 spiro atoms. The van der Waals surface area contributed by atoms with E-state index < -0.39 is 16.1 Å². The molecule has 38 heavy (non-hydrogen) atoms. The van der Waals surface area contributed by atoms with Gasteiger partial charge in [0.25, 0.3) is 0 Å². The first-order valence-electron chi connectivity index (χ1n) is 13.1. The smallest absolute Gasteiger partial charge is 0.242 e. The second-order valence-corrected chi connectivity index (χ2v) is 12.9. The third-order valence-electron chi connectivity index (χ3n) is 7.38. The number of halogens is 1. The second kappa shape index (κ2) is 11.5. The van der Waals surface area contributed by atoms with Crippen LogP contribution in [0.3, 0.4) is 0 Å². The van der Waals surface area contributed by atoms with Crippen LogP contribution in [0.15, 0.2) is 51.5 Å². The Bertz CT molecular complexity index is 1350. The van der Waals surface area contributed by atoms with E-state index in [0.717, 1.165) is 49.9 Å². The molecule has 5 rings (SSSR count). The lowest BCUT2D eigenvalue weighted by Gasteiger charge is -2.29. The third-order valence-corrected chi connectivity index (χ3v) is 9.93. The van der Waals surface area contributed by atoms with E-state index in [2.05, 4.69) is 19.9 Å². The molecule has 2 unspecified atom stereocenters. The highest BCUT2D eigenvalue weighted by molar-refractivity contribution is 7.89. The van der Waals surface area contributed by atoms with Gasteiger partial charge in [-0.25, -0.2) is 17.8 Å². The van der Waals surface area contributed by atoms with Gasteiger partial charge in [-0.2, -0.15) is 4.72 Å². The molecule has 2 atom stereocenters. The molecule has 0 bridgehead atoms. The van der Waals surface area contributed by atoms with Crippen LogP contribution in [-0.4, -0.2) is 44.5 Å². The SMILES string of the molecule is CC(CN1CCc2cc(F)ccc21)NC(=O)C(CC1CCCCC1)NS(=O)(=O)c1csc(-c2cnco2)c1. The summed E-state index contributed by atoms with van der Waals surface area (Å²) in [7, 11) is -3.94. The summed E-state index contributed by atoms with van der Waals surface area (Å²) >= 11 is 1.25. The predicted molar refractivity (Wildman–Crippen MR) is 145 cm³/mol. The van der Waals surface area contributed by atoms with Crippen LogP contribution in [0.25, 0.3) is 10.6 Å². The number of benzene rings is 1. The second-order valence-electron chi connectivity index (χ2n) is 10.3. The number of aromatic nitrogens is 1. The number of carbonyl (C=O) groups excluding carboxylic acids is 1. The Hall–Kier alpha value is -2.76. The topological polar surface area (TPSA) is 105 Å². The monoisotopic (exact) mass is 560 g/mol. The summed E-state index contributed by atoms with van der Waals surface area (Å²) in [5.74, 6) is 0.220. The number of amides is 1. The largest absolute Gasteiger partial charge is 0.443 e. The fraction of sp³-hybridized carbons (Fsp3) is 0.481. The number of oxazole rings is 1. The van der Waals surface area contributed by atoms with Crippen molar-refractivity contribution < 1.29 is 22.0 Å². The molecule has 1 amide bonds. The van der Waals surface area contributed by atoms with Crippen LogP contribution in [0.4, 0.5) is 10.1 Å². The molecule has 11 heteroatoms. The lowest BCUT2D eigenvalue weighted by atomic mass is 9.85. The number of thiophene rings is 1. The summed E-state index contributed by atoms with van der Waals surface area (Å²) in [5, 5.41) is 4.59. The molecule has 0 saturated heterocycles. The fourth-order valence-corrected chi connectivity index (χ4v) is 7.93. The van der Waals surface area contributed by atoms with Crippen LogP contribution in [-0.2, 0) is 21.2 Å². The number of nitrogens with one attached hydrogen (secondary N) is 2. The molecule has 2 N–H and O–H groups in total. The molecule has 1 fully saturated rings. The normalized spacial score (nSPS) is 17.8. The van der Waals surface area contributed by atoms with E-state index in [1.807, 2.05) is 6.92 Å². The van der Waals surface area contributed by atoms with Crippen LogP contribution < -0.4 is 14.9 Å². The number of hydrogen-bond acceptors (Lipinski definition) is 7. The Balaban J connectivity index is 1.27. The van der Waals surface area contributed by atoms with Crippen molar-refractivity contribution in [2.75, 3.05) is 18.0 Å². The van der Waals surface area contributed by atoms with Gasteiger partial charge in [0.05, 0.1) is 16.0 Å². The zero-order valence-electron chi connectivity index (χ0n) is 21.4. The highest BCUT2D eigenvalue weighted by Crippen LogP contribution is 2.31. The lowest BCUT2D eigenvalue weighted by Crippen LogP contribution is -2.51. The van der Waals surface area contributed by atoms with Crippen molar-refractivity contribution >= 4 is 33.0 Å². The van der Waals surface area contributed by atoms with Crippen molar-refractivity contribution in [1.82, 2.24) is 15.0 Å². The van der Waals surface area contributed by atoms with Gasteiger partial charge in [-0.3, -0.25) is 4.79 Å². The number of sulfonamides is 1. The van der Waals surface area contributed by atoms with Gasteiger partial charge in [0, 0.05) is 30.2 Å². The minimum Gasteiger partial charge on any atom is -0.443 e. The van der Waals surface area contributed by atoms with Crippen molar-refractivity contribution in [3.63, 3.8) is 0 Å². The molecular weight excluding hydrogens is 527 g/mol. The van der Waals surface area contributed by atoms with Gasteiger partial charge in [0.15, 0.2) is 12.2 Å². The number of nitrogens with zero attached hydrogens (tertiary/aromatic N) is 2. The highest BCUT2D eigenvalue weighted by Gasteiger charge is 2.31. The van der Waals surface area contributed by atoms with Gasteiger partial charge < -0.3 is 14.6 Å². The van der Waals surface area contributed by atoms with Gasteiger partial charge >= 0.3 is 0 Å². The summed E-state index contributed by atoms with van der Waals surface area (Å²) in [5.41, 5.74) is 1.94. The van der Waals surface area contributed by atoms with Crippen molar-refractivity contribution in [3.8, 4) is 10.6 Å². The van der Waals surface area contributed by atoms with E-state index in [1.54, 1.807) is 23.6 Å². The van der Waals surface area contributed by atoms with Gasteiger partial charge in [-0.1, -0.05) is 32.1 Å². The first-order valence-corrected chi connectivity index (χ1v) is 15.5. The quantitative estimate of drug-likeness (QED) is 0.372. The van der Waals surface area contributed by atoms with E-state index in [-0.39, 0.29) is 22.7 Å². The maximum Gasteiger partial charge on any atom is 0.242 e. The molecule has 2 aliphatic rings. The summed E-state index contributed by atoms with van der Waals surface area (Å²) < 4.78 is 48.3. The molecule has 0 radical (unpaired) electrons. The maximum absolute atomic E-state index is 13.6. The molecule has 3 aromatic rings. The molecule has 1 aromatic carbocycles. The van der Waals surface area contributed by atoms with Gasteiger partial charge in [0.1, 0.15) is 11.9 Å². The van der Waals surface area contributed by atoms with Gasteiger partial charge in [-0.05, 0) is 55.5 Å². The Morgan fingerprint density at radius 3 is 2.84 bits per heavy atom. The van der Waals surface area contributed by atoms with Crippen molar-refractivity contribution in [2.45, 2.75) is 68.8 Å². The molecule has 204 valence electrons. The third kappa shape index (κ3) is 6.27. The van der Waals surface area contributed by atoms with E-state index in [4.69, 9.17) is 4.42 Å². The molecule has 1 aliphatic carbocycles. The summed E-state index contributed by atoms with van der Waals surface area (Å²) in [6.45, 7) is 3.22. The summed E-state index contributed by atoms with van der Waals surface area (Å²) in [6, 6.07) is 5.23. The number of hydrogen-bond donors (Lipinski definition) is 2. The number of fused-ring (bicyclic) bond motifs is 1. The first kappa shape index (κ1) is 26.8. The Morgan fingerprint density at radius 1 is 1.26 bits per heavy atom. The standard InChI is InChI=1S/C27H33FN4O4S2/c1-18(15-32-10-9-20-12-21(28)7-8-24(20)32)30-27(33)23(11-19-5-3-2-4-6-19)31-38(34,35)22-13-26(37-16-22)25-14-29-17-36-25/h7-8,12-14,16-19,23,31H,2-6,9-11,15H2,1H3,(H,30,33). The van der Waals surface area contributed by atoms with E-state index in [9.17, 15) is 17.6 Å². The van der Waals surface area contributed by atoms with Crippen molar-refractivity contribution in [2.24, 2.45) is 5.92 Å².